The summed E-state index contributed by atoms with van der Waals surface area (Å²) < 4.78 is 11.0. The summed E-state index contributed by atoms with van der Waals surface area (Å²) in [6.07, 6.45) is 3.99. The zero-order valence-corrected chi connectivity index (χ0v) is 31.4. The van der Waals surface area contributed by atoms with Crippen LogP contribution >= 0.6 is 0 Å². The van der Waals surface area contributed by atoms with Crippen LogP contribution in [-0.4, -0.2) is 84.2 Å². The summed E-state index contributed by atoms with van der Waals surface area (Å²) in [5.41, 5.74) is 0.426. The molecule has 1 heterocycles. The fourth-order valence-corrected chi connectivity index (χ4v) is 6.05. The third-order valence-corrected chi connectivity index (χ3v) is 8.98. The summed E-state index contributed by atoms with van der Waals surface area (Å²) in [5, 5.41) is 19.4. The average molecular weight is 785 g/mol. The Balaban J connectivity index is 1.43. The van der Waals surface area contributed by atoms with Crippen molar-refractivity contribution in [2.24, 2.45) is 5.92 Å². The molecule has 4 aromatic rings. The van der Waals surface area contributed by atoms with Gasteiger partial charge >= 0.3 is 11.9 Å². The number of furan rings is 1. The number of rotatable bonds is 23. The van der Waals surface area contributed by atoms with E-state index >= 15 is 0 Å². The van der Waals surface area contributed by atoms with Crippen molar-refractivity contribution >= 4 is 59.4 Å². The molecule has 0 spiro atoms. The first-order chi connectivity index (χ1) is 27.5. The molecule has 3 atom stereocenters. The first kappa shape index (κ1) is 42.9. The fourth-order valence-electron chi connectivity index (χ4n) is 6.05. The van der Waals surface area contributed by atoms with E-state index in [1.807, 2.05) is 31.2 Å². The Morgan fingerprint density at radius 1 is 0.877 bits per heavy atom. The highest BCUT2D eigenvalue weighted by Gasteiger charge is 2.34. The number of hydrogen-bond donors (Lipinski definition) is 4. The maximum absolute atomic E-state index is 13.6. The fraction of sp³-hybridized carbons (Fsp3) is 0.317. The number of fused-ring (bicyclic) bond motifs is 1. The molecule has 0 bridgehead atoms. The second-order valence-corrected chi connectivity index (χ2v) is 12.9. The lowest BCUT2D eigenvalue weighted by molar-refractivity contribution is -0.171. The van der Waals surface area contributed by atoms with Crippen molar-refractivity contribution < 1.29 is 57.5 Å². The number of carbonyl (C=O) groups excluding carboxylic acids is 7. The molecule has 4 N–H and O–H groups in total. The van der Waals surface area contributed by atoms with Crippen molar-refractivity contribution in [2.75, 3.05) is 13.3 Å². The normalized spacial score (nSPS) is 12.3. The summed E-state index contributed by atoms with van der Waals surface area (Å²) in [6, 6.07) is 17.5. The molecule has 4 amide bonds. The lowest BCUT2D eigenvalue weighted by Crippen LogP contribution is -2.49. The smallest absolute Gasteiger partial charge is 0.363 e. The van der Waals surface area contributed by atoms with Gasteiger partial charge in [-0.25, -0.2) is 9.59 Å². The molecule has 0 saturated heterocycles. The molecule has 4 rings (SSSR count). The monoisotopic (exact) mass is 784 g/mol. The van der Waals surface area contributed by atoms with Crippen LogP contribution in [0.1, 0.15) is 83.6 Å². The minimum atomic E-state index is -1.32. The van der Waals surface area contributed by atoms with Crippen molar-refractivity contribution in [3.05, 3.63) is 89.7 Å². The molecule has 16 nitrogen and oxygen atoms in total. The minimum Gasteiger partial charge on any atom is -0.481 e. The van der Waals surface area contributed by atoms with Gasteiger partial charge < -0.3 is 44.6 Å². The number of benzene rings is 3. The number of carbonyl (C=O) groups is 8. The van der Waals surface area contributed by atoms with Crippen molar-refractivity contribution in [3.63, 3.8) is 0 Å². The third kappa shape index (κ3) is 11.8. The number of nitrogens with zero attached hydrogens (tertiary/aromatic N) is 1. The van der Waals surface area contributed by atoms with Crippen LogP contribution in [0.25, 0.3) is 22.1 Å². The number of unbranched alkanes of at least 4 members (excludes halogenated alkanes) is 2. The highest BCUT2D eigenvalue weighted by atomic mass is 16.7. The van der Waals surface area contributed by atoms with E-state index in [2.05, 4.69) is 16.0 Å². The number of nitrogens with one attached hydrogen (secondary N) is 3. The van der Waals surface area contributed by atoms with Gasteiger partial charge in [-0.2, -0.15) is 5.06 Å². The van der Waals surface area contributed by atoms with E-state index in [0.29, 0.717) is 37.4 Å². The molecule has 0 aliphatic rings. The number of carboxylic acid groups (broad SMARTS) is 1. The molecule has 0 aliphatic heterocycles. The Morgan fingerprint density at radius 2 is 1.65 bits per heavy atom. The largest absolute Gasteiger partial charge is 0.481 e. The summed E-state index contributed by atoms with van der Waals surface area (Å²) >= 11 is 0. The van der Waals surface area contributed by atoms with Crippen LogP contribution in [-0.2, 0) is 28.8 Å². The summed E-state index contributed by atoms with van der Waals surface area (Å²) in [7, 11) is 0. The van der Waals surface area contributed by atoms with E-state index in [1.54, 1.807) is 25.1 Å². The quantitative estimate of drug-likeness (QED) is 0.0354. The Labute approximate surface area is 327 Å². The van der Waals surface area contributed by atoms with Gasteiger partial charge in [-0.15, -0.1) is 0 Å². The van der Waals surface area contributed by atoms with Crippen LogP contribution < -0.4 is 20.7 Å². The first-order valence-corrected chi connectivity index (χ1v) is 18.3. The number of hydroxylamine groups is 2. The topological polar surface area (TPSA) is 228 Å². The maximum atomic E-state index is 13.6. The maximum Gasteiger partial charge on any atom is 0.363 e. The Morgan fingerprint density at radius 3 is 2.33 bits per heavy atom. The molecule has 16 heteroatoms. The third-order valence-electron chi connectivity index (χ3n) is 8.98. The molecule has 0 radical (unpaired) electrons. The predicted molar refractivity (Wildman–Crippen MR) is 205 cm³/mol. The molecule has 3 aromatic carbocycles. The number of amides is 4. The summed E-state index contributed by atoms with van der Waals surface area (Å²) in [4.78, 5) is 104. The Hall–Kier alpha value is -6.84. The first-order valence-electron chi connectivity index (χ1n) is 18.3. The van der Waals surface area contributed by atoms with Crippen LogP contribution in [0, 0.1) is 5.92 Å². The van der Waals surface area contributed by atoms with Gasteiger partial charge in [0.25, 0.3) is 11.8 Å². The van der Waals surface area contributed by atoms with Crippen molar-refractivity contribution in [3.8, 4) is 17.1 Å². The van der Waals surface area contributed by atoms with Crippen LogP contribution in [0.4, 0.5) is 0 Å². The van der Waals surface area contributed by atoms with Gasteiger partial charge in [-0.05, 0) is 60.0 Å². The standard InChI is InChI=1S/C41H44N4O12/c1-3-5-6-11-31(33(4-2)45(25-48)57-41(54)29-13-12-26-9-7-8-10-27(26)20-29)38(51)42-24-43-40(53)35-17-16-34(56-35)28-14-15-32(36(21-28)55-23-37(49)50)39(52)44-30(22-47)18-19-46/h7-10,12-17,19-22,25,30-31,33H,3-6,11,18,23-24H2,1-2H3,(H,42,51)(H,43,53)(H,44,52)(H,49,50). The van der Waals surface area contributed by atoms with Gasteiger partial charge in [0.1, 0.15) is 24.1 Å². The molecule has 57 heavy (non-hydrogen) atoms. The van der Waals surface area contributed by atoms with Crippen molar-refractivity contribution in [1.29, 1.82) is 0 Å². The van der Waals surface area contributed by atoms with E-state index < -0.39 is 54.3 Å². The molecular formula is C41H44N4O12. The highest BCUT2D eigenvalue weighted by molar-refractivity contribution is 5.99. The SMILES string of the molecule is CCCCCC(C(=O)NCNC(=O)c1ccc(-c2ccc(C(=O)NC(C=O)CC=O)c(OCC(=O)O)c2)o1)C(CC)N(C=O)OC(=O)c1ccc2ccccc2c1. The molecule has 300 valence electrons. The van der Waals surface area contributed by atoms with Crippen molar-refractivity contribution in [2.45, 2.75) is 64.5 Å². The lowest BCUT2D eigenvalue weighted by atomic mass is 9.90. The Kier molecular flexibility index (Phi) is 16.0. The molecule has 0 saturated carbocycles. The number of aliphatic carboxylic acids is 1. The van der Waals surface area contributed by atoms with Gasteiger partial charge in [-0.3, -0.25) is 19.2 Å². The van der Waals surface area contributed by atoms with E-state index in [0.717, 1.165) is 28.7 Å². The second-order valence-electron chi connectivity index (χ2n) is 12.9. The van der Waals surface area contributed by atoms with Gasteiger partial charge in [0, 0.05) is 12.0 Å². The minimum absolute atomic E-state index is 0.115. The number of aldehydes is 2. The molecule has 0 aliphatic carbocycles. The van der Waals surface area contributed by atoms with Gasteiger partial charge in [0.15, 0.2) is 12.4 Å². The van der Waals surface area contributed by atoms with E-state index in [9.17, 15) is 38.4 Å². The van der Waals surface area contributed by atoms with Crippen molar-refractivity contribution in [1.82, 2.24) is 21.0 Å². The van der Waals surface area contributed by atoms with Crippen LogP contribution in [0.15, 0.2) is 77.2 Å². The number of ether oxygens (including phenoxy) is 1. The molecule has 1 aromatic heterocycles. The highest BCUT2D eigenvalue weighted by Crippen LogP contribution is 2.29. The van der Waals surface area contributed by atoms with Gasteiger partial charge in [-0.1, -0.05) is 69.5 Å². The molecule has 3 unspecified atom stereocenters. The zero-order valence-electron chi connectivity index (χ0n) is 31.4. The van der Waals surface area contributed by atoms with Crippen LogP contribution in [0.3, 0.4) is 0 Å². The lowest BCUT2D eigenvalue weighted by Gasteiger charge is -2.31. The van der Waals surface area contributed by atoms with Gasteiger partial charge in [0.2, 0.25) is 12.3 Å². The zero-order chi connectivity index (χ0) is 41.3. The Bertz CT molecular complexity index is 2080. The predicted octanol–water partition coefficient (Wildman–Crippen LogP) is 4.46. The van der Waals surface area contributed by atoms with E-state index in [-0.39, 0.29) is 47.9 Å². The number of carboxylic acids is 1. The van der Waals surface area contributed by atoms with E-state index in [4.69, 9.17) is 19.1 Å². The van der Waals surface area contributed by atoms with Crippen LogP contribution in [0.2, 0.25) is 0 Å². The number of hydrogen-bond acceptors (Lipinski definition) is 11. The summed E-state index contributed by atoms with van der Waals surface area (Å²) in [5.74, 6) is -4.98. The second kappa shape index (κ2) is 21.3. The average Bonchev–Trinajstić information content (AvgIpc) is 3.72. The summed E-state index contributed by atoms with van der Waals surface area (Å²) in [6.45, 7) is 2.67. The van der Waals surface area contributed by atoms with E-state index in [1.165, 1.54) is 30.3 Å². The van der Waals surface area contributed by atoms with Gasteiger partial charge in [0.05, 0.1) is 35.8 Å². The molecular weight excluding hydrogens is 740 g/mol. The molecule has 0 fully saturated rings. The van der Waals surface area contributed by atoms with Crippen LogP contribution in [0.5, 0.6) is 5.75 Å².